The molecule has 56 heavy (non-hydrogen) atoms. The highest BCUT2D eigenvalue weighted by atomic mass is 16.7. The Kier molecular flexibility index (Phi) is 11.5. The number of likely N-dealkylation sites (N-methyl/N-ethyl adjacent to an activating group) is 1. The highest BCUT2D eigenvalue weighted by Gasteiger charge is 2.37. The first kappa shape index (κ1) is 38.4. The van der Waals surface area contributed by atoms with Crippen LogP contribution in [0.3, 0.4) is 0 Å². The number of para-hydroxylation sites is 1. The number of fused-ring (bicyclic) bond motifs is 3. The Labute approximate surface area is 321 Å². The van der Waals surface area contributed by atoms with Gasteiger partial charge < -0.3 is 78.8 Å². The van der Waals surface area contributed by atoms with Crippen molar-refractivity contribution in [1.82, 2.24) is 10.2 Å². The van der Waals surface area contributed by atoms with Crippen LogP contribution in [0.25, 0.3) is 0 Å². The summed E-state index contributed by atoms with van der Waals surface area (Å²) < 4.78 is 37.6. The van der Waals surface area contributed by atoms with Crippen LogP contribution in [0.2, 0.25) is 0 Å². The van der Waals surface area contributed by atoms with Crippen LogP contribution in [0.4, 0.5) is 0 Å². The normalized spacial score (nSPS) is 16.2. The van der Waals surface area contributed by atoms with Crippen molar-refractivity contribution >= 4 is 35.8 Å². The molecule has 21 nitrogen and oxygen atoms in total. The van der Waals surface area contributed by atoms with Crippen LogP contribution in [-0.2, 0) is 19.3 Å². The second kappa shape index (κ2) is 16.8. The largest absolute Gasteiger partial charge is 0.454 e. The molecule has 3 aliphatic rings. The first-order valence-corrected chi connectivity index (χ1v) is 17.4. The van der Waals surface area contributed by atoms with E-state index in [1.807, 2.05) is 42.5 Å². The molecule has 3 heterocycles. The van der Waals surface area contributed by atoms with E-state index in [2.05, 4.69) is 30.3 Å². The Morgan fingerprint density at radius 1 is 0.732 bits per heavy atom. The summed E-state index contributed by atoms with van der Waals surface area (Å²) in [6.45, 7) is 1.10. The number of hydrogen-bond donors (Lipinski definition) is 9. The maximum absolute atomic E-state index is 8.33. The fourth-order valence-electron chi connectivity index (χ4n) is 6.22. The number of benzene rings is 3. The van der Waals surface area contributed by atoms with Crippen LogP contribution in [0.1, 0.15) is 40.4 Å². The van der Waals surface area contributed by atoms with Crippen LogP contribution in [0, 0.1) is 5.41 Å². The molecule has 0 amide bonds. The lowest BCUT2D eigenvalue weighted by molar-refractivity contribution is 0.0431. The van der Waals surface area contributed by atoms with Crippen molar-refractivity contribution < 1.29 is 28.4 Å². The van der Waals surface area contributed by atoms with Gasteiger partial charge in [-0.15, -0.1) is 0 Å². The maximum atomic E-state index is 8.33. The number of guanidine groups is 6. The molecule has 296 valence electrons. The van der Waals surface area contributed by atoms with Gasteiger partial charge in [-0.05, 0) is 49.6 Å². The van der Waals surface area contributed by atoms with Gasteiger partial charge in [0.25, 0.3) is 12.6 Å². The Morgan fingerprint density at radius 3 is 2.05 bits per heavy atom. The molecule has 0 aliphatic carbocycles. The molecule has 0 bridgehead atoms. The summed E-state index contributed by atoms with van der Waals surface area (Å²) in [7, 11) is 3.28. The topological polar surface area (TPSA) is 338 Å². The van der Waals surface area contributed by atoms with Crippen molar-refractivity contribution in [2.45, 2.75) is 31.8 Å². The Balaban J connectivity index is 1.29. The summed E-state index contributed by atoms with van der Waals surface area (Å²) in [4.78, 5) is 21.5. The van der Waals surface area contributed by atoms with E-state index < -0.39 is 12.6 Å². The molecule has 3 aromatic carbocycles. The van der Waals surface area contributed by atoms with Gasteiger partial charge >= 0.3 is 0 Å². The Morgan fingerprint density at radius 2 is 1.38 bits per heavy atom. The Bertz CT molecular complexity index is 2120. The number of hydrogen-bond acceptors (Lipinski definition) is 9. The predicted molar refractivity (Wildman–Crippen MR) is 210 cm³/mol. The fourth-order valence-corrected chi connectivity index (χ4v) is 6.22. The molecule has 2 unspecified atom stereocenters. The average molecular weight is 772 g/mol. The quantitative estimate of drug-likeness (QED) is 0.0881. The predicted octanol–water partition coefficient (Wildman–Crippen LogP) is -0.440. The van der Waals surface area contributed by atoms with E-state index in [0.717, 1.165) is 22.3 Å². The van der Waals surface area contributed by atoms with Crippen molar-refractivity contribution in [3.63, 3.8) is 0 Å². The molecule has 3 aromatic rings. The van der Waals surface area contributed by atoms with Gasteiger partial charge in [-0.1, -0.05) is 12.1 Å². The maximum Gasteiger partial charge on any atom is 0.268 e. The molecular formula is C35H45N15O6. The van der Waals surface area contributed by atoms with Gasteiger partial charge in [-0.3, -0.25) is 15.4 Å². The molecule has 6 rings (SSSR count). The third-order valence-corrected chi connectivity index (χ3v) is 8.72. The van der Waals surface area contributed by atoms with E-state index >= 15 is 0 Å². The Hall–Kier alpha value is -7.32. The minimum Gasteiger partial charge on any atom is -0.454 e. The van der Waals surface area contributed by atoms with E-state index in [4.69, 9.17) is 74.0 Å². The standard InChI is InChI=1S/C35H45N15O6/c1-44-35(49-32(40)41)46-14-11-18-20(6-8-22-26(18)52-16-51-22)29-54-24-9-7-21(19(27(24)56-29)12-15-50(2)34(43)48-31(38)39)28-53-23-5-3-4-17(25(23)55-28)10-13-45-33(42)47-30(36)37/h3-9,28-29H,10-16H2,1-2H3,(H5,38,39,43,48)(H6,36,37,42,45,47)(H5,40,41,44,46,49). The number of nitrogens with two attached hydrogens (primary N) is 7. The van der Waals surface area contributed by atoms with Gasteiger partial charge in [0.1, 0.15) is 0 Å². The zero-order valence-electron chi connectivity index (χ0n) is 30.8. The van der Waals surface area contributed by atoms with Gasteiger partial charge in [-0.25, -0.2) is 0 Å². The molecule has 0 saturated heterocycles. The summed E-state index contributed by atoms with van der Waals surface area (Å²) in [6.07, 6.45) is -0.424. The van der Waals surface area contributed by atoms with E-state index in [0.29, 0.717) is 79.0 Å². The zero-order valence-corrected chi connectivity index (χ0v) is 30.8. The number of nitrogens with zero attached hydrogens (tertiary/aromatic N) is 6. The van der Waals surface area contributed by atoms with Crippen LogP contribution in [0.5, 0.6) is 34.5 Å². The second-order valence-corrected chi connectivity index (χ2v) is 12.5. The third kappa shape index (κ3) is 8.72. The van der Waals surface area contributed by atoms with E-state index in [1.165, 1.54) is 0 Å². The third-order valence-electron chi connectivity index (χ3n) is 8.72. The van der Waals surface area contributed by atoms with Gasteiger partial charge in [0.2, 0.25) is 24.7 Å². The van der Waals surface area contributed by atoms with Crippen LogP contribution < -0.4 is 73.9 Å². The summed E-state index contributed by atoms with van der Waals surface area (Å²) in [5.41, 5.74) is 42.6. The van der Waals surface area contributed by atoms with Crippen molar-refractivity contribution in [1.29, 1.82) is 5.41 Å². The molecular weight excluding hydrogens is 726 g/mol. The van der Waals surface area contributed by atoms with Gasteiger partial charge in [-0.2, -0.15) is 15.0 Å². The van der Waals surface area contributed by atoms with E-state index in [9.17, 15) is 0 Å². The van der Waals surface area contributed by atoms with Crippen molar-refractivity contribution in [2.24, 2.45) is 65.1 Å². The molecule has 0 radical (unpaired) electrons. The highest BCUT2D eigenvalue weighted by Crippen LogP contribution is 2.51. The second-order valence-electron chi connectivity index (χ2n) is 12.5. The van der Waals surface area contributed by atoms with E-state index in [1.54, 1.807) is 19.0 Å². The zero-order chi connectivity index (χ0) is 39.9. The molecule has 0 aromatic heterocycles. The molecule has 21 heteroatoms. The number of ether oxygens (including phenoxy) is 6. The minimum absolute atomic E-state index is 0.0266. The minimum atomic E-state index is -0.862. The highest BCUT2D eigenvalue weighted by molar-refractivity contribution is 5.93. The summed E-state index contributed by atoms with van der Waals surface area (Å²) in [5.74, 6) is 2.89. The van der Waals surface area contributed by atoms with Gasteiger partial charge in [0, 0.05) is 61.5 Å². The smallest absolute Gasteiger partial charge is 0.268 e. The SMILES string of the molecule is CN=C(N=C(N)N)NCCc1c(C2Oc3ccc(C4Oc5cccc(CCN=C(N)N=C(N)N)c5O4)c(CCN(C)C(=N)N=C(N)N)c3O2)ccc2c1OCO2. The van der Waals surface area contributed by atoms with Crippen LogP contribution >= 0.6 is 0 Å². The molecule has 3 aliphatic heterocycles. The number of nitrogens with one attached hydrogen (secondary N) is 2. The number of aliphatic imine (C=N–C) groups is 5. The molecule has 0 saturated carbocycles. The van der Waals surface area contributed by atoms with E-state index in [-0.39, 0.29) is 42.6 Å². The van der Waals surface area contributed by atoms with Crippen molar-refractivity contribution in [2.75, 3.05) is 40.5 Å². The monoisotopic (exact) mass is 771 g/mol. The lowest BCUT2D eigenvalue weighted by Crippen LogP contribution is -2.32. The van der Waals surface area contributed by atoms with Crippen molar-refractivity contribution in [3.8, 4) is 34.5 Å². The fraction of sp³-hybridized carbons (Fsp3) is 0.314. The first-order chi connectivity index (χ1) is 26.9. The van der Waals surface area contributed by atoms with Gasteiger partial charge in [0.15, 0.2) is 52.4 Å². The summed E-state index contributed by atoms with van der Waals surface area (Å²) >= 11 is 0. The number of rotatable bonds is 11. The van der Waals surface area contributed by atoms with Gasteiger partial charge in [0.05, 0.1) is 0 Å². The molecule has 2 atom stereocenters. The lowest BCUT2D eigenvalue weighted by Gasteiger charge is -2.21. The lowest BCUT2D eigenvalue weighted by atomic mass is 10.0. The first-order valence-electron chi connectivity index (χ1n) is 17.4. The average Bonchev–Trinajstić information content (AvgIpc) is 3.91. The van der Waals surface area contributed by atoms with Crippen molar-refractivity contribution in [3.05, 3.63) is 70.3 Å². The summed E-state index contributed by atoms with van der Waals surface area (Å²) in [5, 5.41) is 11.5. The summed E-state index contributed by atoms with van der Waals surface area (Å²) in [6, 6.07) is 13.0. The van der Waals surface area contributed by atoms with Crippen LogP contribution in [0.15, 0.2) is 67.4 Å². The molecule has 0 fully saturated rings. The molecule has 0 spiro atoms. The molecule has 16 N–H and O–H groups in total. The van der Waals surface area contributed by atoms with Crippen LogP contribution in [-0.4, -0.2) is 81.2 Å².